The monoisotopic (exact) mass is 268 g/mol. The van der Waals surface area contributed by atoms with Crippen molar-refractivity contribution in [3.8, 4) is 0 Å². The van der Waals surface area contributed by atoms with Gasteiger partial charge >= 0.3 is 0 Å². The summed E-state index contributed by atoms with van der Waals surface area (Å²) in [6, 6.07) is 0.639. The molecule has 0 spiro atoms. The van der Waals surface area contributed by atoms with Gasteiger partial charge in [0.15, 0.2) is 0 Å². The molecule has 0 saturated carbocycles. The van der Waals surface area contributed by atoms with E-state index in [9.17, 15) is 0 Å². The van der Waals surface area contributed by atoms with E-state index in [4.69, 9.17) is 5.73 Å². The Bertz CT molecular complexity index is 275. The van der Waals surface area contributed by atoms with Crippen LogP contribution in [0.15, 0.2) is 0 Å². The highest BCUT2D eigenvalue weighted by molar-refractivity contribution is 5.00. The molecule has 2 saturated heterocycles. The first-order chi connectivity index (χ1) is 9.07. The second-order valence-electron chi connectivity index (χ2n) is 6.71. The first kappa shape index (κ1) is 15.2. The van der Waals surface area contributed by atoms with E-state index in [1.807, 2.05) is 0 Å². The summed E-state index contributed by atoms with van der Waals surface area (Å²) in [6.07, 6.45) is 3.98. The van der Waals surface area contributed by atoms with Gasteiger partial charge in [0, 0.05) is 44.3 Å². The normalized spacial score (nSPS) is 30.0. The van der Waals surface area contributed by atoms with Crippen LogP contribution in [0, 0.1) is 0 Å². The second kappa shape index (κ2) is 6.53. The quantitative estimate of drug-likeness (QED) is 0.774. The van der Waals surface area contributed by atoms with Gasteiger partial charge in [0.2, 0.25) is 0 Å². The molecule has 0 aliphatic carbocycles. The number of nitrogens with zero attached hydrogens (tertiary/aromatic N) is 3. The van der Waals surface area contributed by atoms with Crippen LogP contribution in [0.4, 0.5) is 0 Å². The van der Waals surface area contributed by atoms with E-state index in [0.717, 1.165) is 19.6 Å². The van der Waals surface area contributed by atoms with Crippen molar-refractivity contribution in [1.82, 2.24) is 14.7 Å². The lowest BCUT2D eigenvalue weighted by molar-refractivity contribution is 0.111. The minimum atomic E-state index is 0.212. The lowest BCUT2D eigenvalue weighted by Gasteiger charge is -2.39. The van der Waals surface area contributed by atoms with Crippen molar-refractivity contribution in [2.45, 2.75) is 44.7 Å². The highest BCUT2D eigenvalue weighted by Gasteiger charge is 2.40. The summed E-state index contributed by atoms with van der Waals surface area (Å²) in [4.78, 5) is 7.70. The van der Waals surface area contributed by atoms with Crippen molar-refractivity contribution in [1.29, 1.82) is 0 Å². The molecule has 1 atom stereocenters. The zero-order valence-corrected chi connectivity index (χ0v) is 13.1. The van der Waals surface area contributed by atoms with Gasteiger partial charge in [-0.05, 0) is 53.2 Å². The van der Waals surface area contributed by atoms with Crippen LogP contribution in [0.5, 0.6) is 0 Å². The number of hydrogen-bond donors (Lipinski definition) is 1. The van der Waals surface area contributed by atoms with Gasteiger partial charge in [-0.25, -0.2) is 0 Å². The van der Waals surface area contributed by atoms with E-state index in [1.165, 1.54) is 45.4 Å². The highest BCUT2D eigenvalue weighted by atomic mass is 15.3. The van der Waals surface area contributed by atoms with Crippen LogP contribution in [0.1, 0.15) is 33.1 Å². The Morgan fingerprint density at radius 3 is 2.42 bits per heavy atom. The van der Waals surface area contributed by atoms with Crippen molar-refractivity contribution >= 4 is 0 Å². The van der Waals surface area contributed by atoms with Gasteiger partial charge in [-0.1, -0.05) is 0 Å². The number of hydrogen-bond acceptors (Lipinski definition) is 4. The molecule has 1 unspecified atom stereocenters. The van der Waals surface area contributed by atoms with Gasteiger partial charge in [0.05, 0.1) is 0 Å². The number of likely N-dealkylation sites (N-methyl/N-ethyl adjacent to an activating group) is 1. The summed E-state index contributed by atoms with van der Waals surface area (Å²) in [5, 5.41) is 0. The van der Waals surface area contributed by atoms with Crippen LogP contribution in [0.25, 0.3) is 0 Å². The first-order valence-corrected chi connectivity index (χ1v) is 7.95. The molecule has 112 valence electrons. The zero-order valence-electron chi connectivity index (χ0n) is 13.1. The number of nitrogens with two attached hydrogens (primary N) is 1. The molecule has 0 radical (unpaired) electrons. The minimum Gasteiger partial charge on any atom is -0.329 e. The fraction of sp³-hybridized carbons (Fsp3) is 1.00. The Balaban J connectivity index is 1.85. The zero-order chi connectivity index (χ0) is 13.9. The van der Waals surface area contributed by atoms with Crippen LogP contribution < -0.4 is 5.73 Å². The molecule has 2 fully saturated rings. The van der Waals surface area contributed by atoms with Crippen molar-refractivity contribution in [2.75, 3.05) is 52.9 Å². The Labute approximate surface area is 118 Å². The van der Waals surface area contributed by atoms with Crippen molar-refractivity contribution in [2.24, 2.45) is 5.73 Å². The van der Waals surface area contributed by atoms with E-state index < -0.39 is 0 Å². The molecule has 2 aliphatic rings. The fourth-order valence-corrected chi connectivity index (χ4v) is 3.50. The first-order valence-electron chi connectivity index (χ1n) is 7.95. The van der Waals surface area contributed by atoms with Gasteiger partial charge in [0.25, 0.3) is 0 Å². The predicted octanol–water partition coefficient (Wildman–Crippen LogP) is 0.826. The summed E-state index contributed by atoms with van der Waals surface area (Å²) in [7, 11) is 2.27. The highest BCUT2D eigenvalue weighted by Crippen LogP contribution is 2.27. The SMILES string of the molecule is CC(C)N1CCC(CN)(N(C)CCN2CCCC2)C1. The molecule has 0 aromatic heterocycles. The summed E-state index contributed by atoms with van der Waals surface area (Å²) < 4.78 is 0. The van der Waals surface area contributed by atoms with E-state index in [0.29, 0.717) is 6.04 Å². The van der Waals surface area contributed by atoms with Crippen LogP contribution in [-0.2, 0) is 0 Å². The molecule has 2 aliphatic heterocycles. The summed E-state index contributed by atoms with van der Waals surface area (Å²) >= 11 is 0. The molecule has 0 bridgehead atoms. The number of rotatable bonds is 6. The maximum absolute atomic E-state index is 6.13. The third kappa shape index (κ3) is 3.48. The predicted molar refractivity (Wildman–Crippen MR) is 81.4 cm³/mol. The van der Waals surface area contributed by atoms with Crippen molar-refractivity contribution in [3.05, 3.63) is 0 Å². The molecule has 4 heteroatoms. The van der Waals surface area contributed by atoms with Gasteiger partial charge in [-0.3, -0.25) is 9.80 Å². The lowest BCUT2D eigenvalue weighted by Crippen LogP contribution is -2.55. The van der Waals surface area contributed by atoms with Crippen molar-refractivity contribution in [3.63, 3.8) is 0 Å². The molecular weight excluding hydrogens is 236 g/mol. The molecule has 19 heavy (non-hydrogen) atoms. The Kier molecular flexibility index (Phi) is 5.23. The van der Waals surface area contributed by atoms with Gasteiger partial charge in [-0.15, -0.1) is 0 Å². The standard InChI is InChI=1S/C15H32N4/c1-14(2)19-9-6-15(12-16,13-19)17(3)10-11-18-7-4-5-8-18/h14H,4-13,16H2,1-3H3. The Morgan fingerprint density at radius 2 is 1.89 bits per heavy atom. The van der Waals surface area contributed by atoms with Crippen LogP contribution in [0.2, 0.25) is 0 Å². The summed E-state index contributed by atoms with van der Waals surface area (Å²) in [5.41, 5.74) is 6.35. The van der Waals surface area contributed by atoms with Crippen LogP contribution in [-0.4, -0.2) is 79.1 Å². The maximum atomic E-state index is 6.13. The second-order valence-corrected chi connectivity index (χ2v) is 6.71. The molecule has 2 heterocycles. The topological polar surface area (TPSA) is 35.7 Å². The van der Waals surface area contributed by atoms with E-state index >= 15 is 0 Å². The summed E-state index contributed by atoms with van der Waals surface area (Å²) in [6.45, 7) is 12.6. The van der Waals surface area contributed by atoms with E-state index in [2.05, 4.69) is 35.6 Å². The number of likely N-dealkylation sites (tertiary alicyclic amines) is 2. The summed E-state index contributed by atoms with van der Waals surface area (Å²) in [5.74, 6) is 0. The molecule has 2 N–H and O–H groups in total. The van der Waals surface area contributed by atoms with Crippen LogP contribution >= 0.6 is 0 Å². The average Bonchev–Trinajstić information content (AvgIpc) is 3.05. The Hall–Kier alpha value is -0.160. The fourth-order valence-electron chi connectivity index (χ4n) is 3.50. The maximum Gasteiger partial charge on any atom is 0.0468 e. The minimum absolute atomic E-state index is 0.212. The molecule has 4 nitrogen and oxygen atoms in total. The molecule has 0 aromatic rings. The van der Waals surface area contributed by atoms with Crippen LogP contribution in [0.3, 0.4) is 0 Å². The lowest BCUT2D eigenvalue weighted by atomic mass is 9.96. The molecule has 2 rings (SSSR count). The molecule has 0 amide bonds. The van der Waals surface area contributed by atoms with E-state index in [-0.39, 0.29) is 5.54 Å². The van der Waals surface area contributed by atoms with Gasteiger partial charge in [-0.2, -0.15) is 0 Å². The van der Waals surface area contributed by atoms with Crippen molar-refractivity contribution < 1.29 is 0 Å². The smallest absolute Gasteiger partial charge is 0.0468 e. The molecule has 0 aromatic carbocycles. The third-order valence-electron chi connectivity index (χ3n) is 5.23. The van der Waals surface area contributed by atoms with Gasteiger partial charge in [0.1, 0.15) is 0 Å². The molecular formula is C15H32N4. The largest absolute Gasteiger partial charge is 0.329 e. The van der Waals surface area contributed by atoms with E-state index in [1.54, 1.807) is 0 Å². The van der Waals surface area contributed by atoms with Gasteiger partial charge < -0.3 is 10.6 Å². The Morgan fingerprint density at radius 1 is 1.21 bits per heavy atom. The third-order valence-corrected chi connectivity index (χ3v) is 5.23. The average molecular weight is 268 g/mol.